The number of hydrogen-bond acceptors (Lipinski definition) is 3. The minimum absolute atomic E-state index is 0.0872. The minimum atomic E-state index is -0.160. The van der Waals surface area contributed by atoms with E-state index in [0.29, 0.717) is 12.3 Å². The van der Waals surface area contributed by atoms with E-state index in [4.69, 9.17) is 4.74 Å². The standard InChI is InChI=1S/C10H13BrN2O2/c1-2-5-15-7-10(14)13-8-3-4-9(11)12-6-8/h3-4,6H,2,5,7H2,1H3,(H,13,14). The van der Waals surface area contributed by atoms with Gasteiger partial charge in [0, 0.05) is 6.61 Å². The second-order valence-corrected chi connectivity index (χ2v) is 3.78. The van der Waals surface area contributed by atoms with Gasteiger partial charge in [0.05, 0.1) is 11.9 Å². The second kappa shape index (κ2) is 6.53. The van der Waals surface area contributed by atoms with Crippen LogP contribution in [0.2, 0.25) is 0 Å². The summed E-state index contributed by atoms with van der Waals surface area (Å²) >= 11 is 3.21. The number of halogens is 1. The van der Waals surface area contributed by atoms with Crippen LogP contribution in [0.5, 0.6) is 0 Å². The summed E-state index contributed by atoms with van der Waals surface area (Å²) in [5, 5.41) is 2.68. The molecule has 0 aliphatic rings. The quantitative estimate of drug-likeness (QED) is 0.661. The topological polar surface area (TPSA) is 51.2 Å². The Morgan fingerprint density at radius 2 is 2.40 bits per heavy atom. The molecule has 1 heterocycles. The Kier molecular flexibility index (Phi) is 5.28. The molecule has 15 heavy (non-hydrogen) atoms. The summed E-state index contributed by atoms with van der Waals surface area (Å²) in [6.45, 7) is 2.69. The van der Waals surface area contributed by atoms with Crippen LogP contribution in [0.4, 0.5) is 5.69 Å². The van der Waals surface area contributed by atoms with Gasteiger partial charge < -0.3 is 10.1 Å². The first-order valence-electron chi connectivity index (χ1n) is 4.71. The number of carbonyl (C=O) groups excluding carboxylic acids is 1. The third kappa shape index (κ3) is 4.90. The van der Waals surface area contributed by atoms with Crippen molar-refractivity contribution in [2.24, 2.45) is 0 Å². The maximum absolute atomic E-state index is 11.3. The monoisotopic (exact) mass is 272 g/mol. The number of aromatic nitrogens is 1. The van der Waals surface area contributed by atoms with E-state index in [1.807, 2.05) is 6.92 Å². The van der Waals surface area contributed by atoms with Crippen LogP contribution in [-0.2, 0) is 9.53 Å². The predicted molar refractivity (Wildman–Crippen MR) is 61.7 cm³/mol. The number of nitrogens with zero attached hydrogens (tertiary/aromatic N) is 1. The summed E-state index contributed by atoms with van der Waals surface area (Å²) < 4.78 is 5.84. The number of carbonyl (C=O) groups is 1. The summed E-state index contributed by atoms with van der Waals surface area (Å²) in [6.07, 6.45) is 2.49. The summed E-state index contributed by atoms with van der Waals surface area (Å²) in [5.41, 5.74) is 0.670. The van der Waals surface area contributed by atoms with Crippen LogP contribution in [0.25, 0.3) is 0 Å². The number of hydrogen-bond donors (Lipinski definition) is 1. The number of ether oxygens (including phenoxy) is 1. The molecule has 1 N–H and O–H groups in total. The Balaban J connectivity index is 2.34. The SMILES string of the molecule is CCCOCC(=O)Nc1ccc(Br)nc1. The molecule has 0 unspecified atom stereocenters. The maximum Gasteiger partial charge on any atom is 0.250 e. The van der Waals surface area contributed by atoms with Crippen molar-refractivity contribution in [3.8, 4) is 0 Å². The summed E-state index contributed by atoms with van der Waals surface area (Å²) in [4.78, 5) is 15.3. The third-order valence-electron chi connectivity index (χ3n) is 1.59. The molecule has 0 aliphatic heterocycles. The van der Waals surface area contributed by atoms with Crippen molar-refractivity contribution < 1.29 is 9.53 Å². The van der Waals surface area contributed by atoms with E-state index in [9.17, 15) is 4.79 Å². The molecule has 0 fully saturated rings. The van der Waals surface area contributed by atoms with Gasteiger partial charge in [0.25, 0.3) is 0 Å². The zero-order valence-corrected chi connectivity index (χ0v) is 10.1. The zero-order chi connectivity index (χ0) is 11.1. The highest BCUT2D eigenvalue weighted by molar-refractivity contribution is 9.10. The average molecular weight is 273 g/mol. The Labute approximate surface area is 97.2 Å². The van der Waals surface area contributed by atoms with Gasteiger partial charge in [0.15, 0.2) is 0 Å². The number of nitrogens with one attached hydrogen (secondary N) is 1. The molecule has 0 aromatic carbocycles. The van der Waals surface area contributed by atoms with E-state index in [1.165, 1.54) is 0 Å². The fraction of sp³-hybridized carbons (Fsp3) is 0.400. The number of amides is 1. The smallest absolute Gasteiger partial charge is 0.250 e. The lowest BCUT2D eigenvalue weighted by atomic mass is 10.4. The van der Waals surface area contributed by atoms with E-state index in [2.05, 4.69) is 26.2 Å². The molecule has 1 amide bonds. The molecule has 5 heteroatoms. The highest BCUT2D eigenvalue weighted by Crippen LogP contribution is 2.09. The van der Waals surface area contributed by atoms with Crippen molar-refractivity contribution in [1.82, 2.24) is 4.98 Å². The third-order valence-corrected chi connectivity index (χ3v) is 2.06. The Hall–Kier alpha value is -0.940. The molecule has 0 radical (unpaired) electrons. The highest BCUT2D eigenvalue weighted by Gasteiger charge is 2.01. The average Bonchev–Trinajstić information content (AvgIpc) is 2.22. The van der Waals surface area contributed by atoms with Gasteiger partial charge in [-0.05, 0) is 34.5 Å². The molecule has 0 atom stereocenters. The normalized spacial score (nSPS) is 10.0. The van der Waals surface area contributed by atoms with Crippen molar-refractivity contribution in [3.63, 3.8) is 0 Å². The molecule has 0 saturated heterocycles. The zero-order valence-electron chi connectivity index (χ0n) is 8.50. The van der Waals surface area contributed by atoms with Crippen LogP contribution in [-0.4, -0.2) is 24.1 Å². The molecule has 4 nitrogen and oxygen atoms in total. The highest BCUT2D eigenvalue weighted by atomic mass is 79.9. The Morgan fingerprint density at radius 1 is 1.60 bits per heavy atom. The van der Waals surface area contributed by atoms with E-state index in [0.717, 1.165) is 11.0 Å². The molecule has 82 valence electrons. The van der Waals surface area contributed by atoms with Crippen LogP contribution in [0.3, 0.4) is 0 Å². The Bertz CT molecular complexity index is 314. The molecule has 0 saturated carbocycles. The van der Waals surface area contributed by atoms with E-state index < -0.39 is 0 Å². The van der Waals surface area contributed by atoms with Crippen molar-refractivity contribution in [2.75, 3.05) is 18.5 Å². The Morgan fingerprint density at radius 3 is 3.00 bits per heavy atom. The van der Waals surface area contributed by atoms with Crippen molar-refractivity contribution in [2.45, 2.75) is 13.3 Å². The van der Waals surface area contributed by atoms with Crippen LogP contribution < -0.4 is 5.32 Å². The number of rotatable bonds is 5. The second-order valence-electron chi connectivity index (χ2n) is 2.97. The number of pyridine rings is 1. The van der Waals surface area contributed by atoms with Crippen molar-refractivity contribution in [3.05, 3.63) is 22.9 Å². The molecule has 1 aromatic rings. The minimum Gasteiger partial charge on any atom is -0.372 e. The van der Waals surface area contributed by atoms with Gasteiger partial charge in [0.1, 0.15) is 11.2 Å². The van der Waals surface area contributed by atoms with Crippen LogP contribution in [0.15, 0.2) is 22.9 Å². The van der Waals surface area contributed by atoms with Crippen molar-refractivity contribution in [1.29, 1.82) is 0 Å². The fourth-order valence-corrected chi connectivity index (χ4v) is 1.19. The van der Waals surface area contributed by atoms with Gasteiger partial charge in [-0.15, -0.1) is 0 Å². The lowest BCUT2D eigenvalue weighted by Crippen LogP contribution is -2.18. The molecule has 0 spiro atoms. The van der Waals surface area contributed by atoms with Crippen LogP contribution >= 0.6 is 15.9 Å². The van der Waals surface area contributed by atoms with E-state index in [-0.39, 0.29) is 12.5 Å². The van der Waals surface area contributed by atoms with Crippen LogP contribution in [0.1, 0.15) is 13.3 Å². The van der Waals surface area contributed by atoms with Gasteiger partial charge in [-0.25, -0.2) is 4.98 Å². The summed E-state index contributed by atoms with van der Waals surface area (Å²) in [5.74, 6) is -0.160. The maximum atomic E-state index is 11.3. The van der Waals surface area contributed by atoms with E-state index in [1.54, 1.807) is 18.3 Å². The predicted octanol–water partition coefficient (Wildman–Crippen LogP) is 2.21. The fourth-order valence-electron chi connectivity index (χ4n) is 0.956. The van der Waals surface area contributed by atoms with Crippen LogP contribution in [0, 0.1) is 0 Å². The first-order chi connectivity index (χ1) is 7.22. The molecule has 0 bridgehead atoms. The van der Waals surface area contributed by atoms with Gasteiger partial charge >= 0.3 is 0 Å². The van der Waals surface area contributed by atoms with Crippen molar-refractivity contribution >= 4 is 27.5 Å². The first-order valence-corrected chi connectivity index (χ1v) is 5.51. The molecular formula is C10H13BrN2O2. The van der Waals surface area contributed by atoms with Gasteiger partial charge in [-0.3, -0.25) is 4.79 Å². The first kappa shape index (κ1) is 12.1. The summed E-state index contributed by atoms with van der Waals surface area (Å²) in [6, 6.07) is 3.54. The lowest BCUT2D eigenvalue weighted by molar-refractivity contribution is -0.120. The molecular weight excluding hydrogens is 260 g/mol. The molecule has 1 rings (SSSR count). The largest absolute Gasteiger partial charge is 0.372 e. The molecule has 0 aliphatic carbocycles. The van der Waals surface area contributed by atoms with E-state index >= 15 is 0 Å². The van der Waals surface area contributed by atoms with Gasteiger partial charge in [-0.2, -0.15) is 0 Å². The lowest BCUT2D eigenvalue weighted by Gasteiger charge is -2.04. The molecule has 1 aromatic heterocycles. The van der Waals surface area contributed by atoms with Gasteiger partial charge in [-0.1, -0.05) is 6.92 Å². The van der Waals surface area contributed by atoms with Gasteiger partial charge in [0.2, 0.25) is 5.91 Å². The summed E-state index contributed by atoms with van der Waals surface area (Å²) in [7, 11) is 0. The number of anilines is 1.